The molecule has 4 nitrogen and oxygen atoms in total. The Hall–Kier alpha value is -1.24. The molecule has 0 aliphatic rings. The van der Waals surface area contributed by atoms with E-state index in [0.717, 1.165) is 12.2 Å². The van der Waals surface area contributed by atoms with Crippen molar-refractivity contribution in [1.29, 1.82) is 10.8 Å². The van der Waals surface area contributed by atoms with Gasteiger partial charge >= 0.3 is 0 Å². The van der Waals surface area contributed by atoms with Gasteiger partial charge in [-0.15, -0.1) is 0 Å². The van der Waals surface area contributed by atoms with E-state index in [4.69, 9.17) is 20.4 Å². The van der Waals surface area contributed by atoms with Crippen LogP contribution in [0.1, 0.15) is 47.0 Å². The third-order valence-corrected chi connectivity index (χ3v) is 0.957. The van der Waals surface area contributed by atoms with Crippen LogP contribution in [0.5, 0.6) is 0 Å². The summed E-state index contributed by atoms with van der Waals surface area (Å²) in [6.45, 7) is 4.46. The maximum atomic E-state index is 8.35. The zero-order valence-corrected chi connectivity index (χ0v) is 7.64. The normalized spacial score (nSPS) is 5.38. The average molecular weight is 188 g/mol. The molecule has 0 aliphatic heterocycles. The highest BCUT2D eigenvalue weighted by molar-refractivity contribution is 5.26. The van der Waals surface area contributed by atoms with E-state index < -0.39 is 0 Å². The van der Waals surface area contributed by atoms with Crippen LogP contribution in [0.15, 0.2) is 0 Å². The molecule has 0 aromatic heterocycles. The highest BCUT2D eigenvalue weighted by atomic mass is 16.1. The van der Waals surface area contributed by atoms with Crippen LogP contribution in [0.3, 0.4) is 0 Å². The van der Waals surface area contributed by atoms with E-state index in [2.05, 4.69) is 13.8 Å². The van der Waals surface area contributed by atoms with E-state index in [-0.39, 0.29) is 7.43 Å². The summed E-state index contributed by atoms with van der Waals surface area (Å²) in [7, 11) is 0. The second-order valence-electron chi connectivity index (χ2n) is 1.91. The van der Waals surface area contributed by atoms with Gasteiger partial charge in [-0.05, 0) is 0 Å². The van der Waals surface area contributed by atoms with Gasteiger partial charge in [0.25, 0.3) is 0 Å². The van der Waals surface area contributed by atoms with Crippen molar-refractivity contribution in [3.63, 3.8) is 0 Å². The fraction of sp³-hybridized carbons (Fsp3) is 0.778. The molecule has 0 bridgehead atoms. The number of unbranched alkanes of at least 4 members (excludes halogenated alkanes) is 3. The third kappa shape index (κ3) is 267. The molecule has 0 saturated heterocycles. The van der Waals surface area contributed by atoms with Crippen molar-refractivity contribution in [3.05, 3.63) is 0 Å². The highest BCUT2D eigenvalue weighted by Crippen LogP contribution is 1.95. The molecule has 0 atom stereocenters. The maximum absolute atomic E-state index is 8.35. The van der Waals surface area contributed by atoms with E-state index in [1.807, 2.05) is 0 Å². The Bertz CT molecular complexity index is 108. The summed E-state index contributed by atoms with van der Waals surface area (Å²) in [6.07, 6.45) is 7.04. The Labute approximate surface area is 80.4 Å². The monoisotopic (exact) mass is 188 g/mol. The van der Waals surface area contributed by atoms with Crippen LogP contribution in [0.25, 0.3) is 0 Å². The van der Waals surface area contributed by atoms with E-state index in [1.165, 1.54) is 25.7 Å². The van der Waals surface area contributed by atoms with Gasteiger partial charge in [0.05, 0.1) is 0 Å². The largest absolute Gasteiger partial charge is 0.231 e. The molecule has 0 heterocycles. The van der Waals surface area contributed by atoms with E-state index in [0.29, 0.717) is 0 Å². The van der Waals surface area contributed by atoms with Crippen molar-refractivity contribution in [1.82, 2.24) is 0 Å². The van der Waals surface area contributed by atoms with Crippen LogP contribution in [0, 0.1) is 10.8 Å². The predicted octanol–water partition coefficient (Wildman–Crippen LogP) is 3.02. The molecule has 13 heavy (non-hydrogen) atoms. The van der Waals surface area contributed by atoms with Crippen LogP contribution < -0.4 is 0 Å². The minimum atomic E-state index is 0. The highest BCUT2D eigenvalue weighted by Gasteiger charge is 1.75. The van der Waals surface area contributed by atoms with Crippen molar-refractivity contribution in [2.24, 2.45) is 0 Å². The molecule has 0 aromatic rings. The van der Waals surface area contributed by atoms with Gasteiger partial charge in [0.2, 0.25) is 12.2 Å². The molecule has 0 aliphatic carbocycles. The SMILES string of the molecule is C.CCCCCC.N=C=O.N=C=O. The average Bonchev–Trinajstić information content (AvgIpc) is 2.04. The van der Waals surface area contributed by atoms with Gasteiger partial charge in [-0.25, -0.2) is 20.4 Å². The fourth-order valence-electron chi connectivity index (χ4n) is 0.500. The summed E-state index contributed by atoms with van der Waals surface area (Å²) in [5.41, 5.74) is 0. The summed E-state index contributed by atoms with van der Waals surface area (Å²) < 4.78 is 0. The smallest absolute Gasteiger partial charge is 0.222 e. The van der Waals surface area contributed by atoms with Crippen LogP contribution >= 0.6 is 0 Å². The van der Waals surface area contributed by atoms with Crippen LogP contribution in [0.4, 0.5) is 0 Å². The predicted molar refractivity (Wildman–Crippen MR) is 53.4 cm³/mol. The Morgan fingerprint density at radius 2 is 1.08 bits per heavy atom. The molecule has 0 rings (SSSR count). The number of nitrogens with one attached hydrogen (secondary N) is 2. The van der Waals surface area contributed by atoms with Gasteiger partial charge in [0.1, 0.15) is 0 Å². The minimum Gasteiger partial charge on any atom is -0.222 e. The van der Waals surface area contributed by atoms with Gasteiger partial charge in [0, 0.05) is 0 Å². The molecular weight excluding hydrogens is 168 g/mol. The molecule has 2 N–H and O–H groups in total. The lowest BCUT2D eigenvalue weighted by Gasteiger charge is -1.86. The lowest BCUT2D eigenvalue weighted by Crippen LogP contribution is -1.66. The number of rotatable bonds is 3. The first-order valence-electron chi connectivity index (χ1n) is 3.82. The zero-order valence-electron chi connectivity index (χ0n) is 7.64. The molecule has 0 unspecified atom stereocenters. The minimum absolute atomic E-state index is 0. The van der Waals surface area contributed by atoms with Gasteiger partial charge < -0.3 is 0 Å². The Morgan fingerprint density at radius 3 is 1.15 bits per heavy atom. The standard InChI is InChI=1S/C6H14.2CHNO.CH4/c1-3-5-6-4-2;2*2-1-3;/h3-6H2,1-2H3;2*2H;1H4. The van der Waals surface area contributed by atoms with Crippen molar-refractivity contribution in [3.8, 4) is 0 Å². The van der Waals surface area contributed by atoms with E-state index in [1.54, 1.807) is 0 Å². The van der Waals surface area contributed by atoms with Crippen molar-refractivity contribution in [2.45, 2.75) is 47.0 Å². The maximum Gasteiger partial charge on any atom is 0.231 e. The molecule has 4 heteroatoms. The quantitative estimate of drug-likeness (QED) is 0.405. The van der Waals surface area contributed by atoms with Gasteiger partial charge in [-0.3, -0.25) is 0 Å². The van der Waals surface area contributed by atoms with Gasteiger partial charge in [-0.1, -0.05) is 47.0 Å². The molecule has 0 fully saturated rings. The zero-order chi connectivity index (χ0) is 10.2. The topological polar surface area (TPSA) is 81.8 Å². The summed E-state index contributed by atoms with van der Waals surface area (Å²) in [5, 5.41) is 10.8. The molecule has 0 aromatic carbocycles. The lowest BCUT2D eigenvalue weighted by molar-refractivity contribution is 0.562. The molecule has 0 spiro atoms. The summed E-state index contributed by atoms with van der Waals surface area (Å²) in [5.74, 6) is 0. The third-order valence-electron chi connectivity index (χ3n) is 0.957. The first-order valence-corrected chi connectivity index (χ1v) is 3.82. The fourth-order valence-corrected chi connectivity index (χ4v) is 0.500. The molecular formula is C9H20N2O2. The second kappa shape index (κ2) is 45.2. The van der Waals surface area contributed by atoms with Crippen LogP contribution in [-0.4, -0.2) is 12.2 Å². The molecule has 0 amide bonds. The van der Waals surface area contributed by atoms with Crippen molar-refractivity contribution < 1.29 is 9.59 Å². The Morgan fingerprint density at radius 1 is 0.923 bits per heavy atom. The molecule has 78 valence electrons. The summed E-state index contributed by atoms with van der Waals surface area (Å²) in [6, 6.07) is 0. The summed E-state index contributed by atoms with van der Waals surface area (Å²) in [4.78, 5) is 16.7. The number of carbonyl (C=O) groups excluding carboxylic acids is 2. The number of isocyanates is 2. The van der Waals surface area contributed by atoms with Crippen molar-refractivity contribution >= 4 is 12.2 Å². The van der Waals surface area contributed by atoms with E-state index in [9.17, 15) is 0 Å². The summed E-state index contributed by atoms with van der Waals surface area (Å²) >= 11 is 0. The molecule has 0 radical (unpaired) electrons. The Balaban J connectivity index is -0.0000000501. The van der Waals surface area contributed by atoms with Gasteiger partial charge in [0.15, 0.2) is 0 Å². The first-order chi connectivity index (χ1) is 5.74. The second-order valence-corrected chi connectivity index (χ2v) is 1.91. The van der Waals surface area contributed by atoms with Crippen LogP contribution in [-0.2, 0) is 9.59 Å². The van der Waals surface area contributed by atoms with Crippen molar-refractivity contribution in [2.75, 3.05) is 0 Å². The lowest BCUT2D eigenvalue weighted by atomic mass is 10.2. The van der Waals surface area contributed by atoms with Crippen LogP contribution in [0.2, 0.25) is 0 Å². The number of hydrogen-bond donors (Lipinski definition) is 2. The van der Waals surface area contributed by atoms with E-state index >= 15 is 0 Å². The number of hydrogen-bond acceptors (Lipinski definition) is 4. The first kappa shape index (κ1) is 22.6. The van der Waals surface area contributed by atoms with Gasteiger partial charge in [-0.2, -0.15) is 0 Å². The molecule has 0 saturated carbocycles. The Kier molecular flexibility index (Phi) is 78.7.